The number of aryl methyl sites for hydroxylation is 1. The van der Waals surface area contributed by atoms with E-state index in [4.69, 9.17) is 11.6 Å². The molecule has 0 unspecified atom stereocenters. The van der Waals surface area contributed by atoms with Gasteiger partial charge in [0.25, 0.3) is 0 Å². The number of anilines is 2. The van der Waals surface area contributed by atoms with E-state index in [0.717, 1.165) is 22.3 Å². The maximum absolute atomic E-state index is 6.06. The van der Waals surface area contributed by atoms with Gasteiger partial charge in [-0.05, 0) is 43.3 Å². The Bertz CT molecular complexity index is 720. The lowest BCUT2D eigenvalue weighted by Crippen LogP contribution is -1.92. The lowest BCUT2D eigenvalue weighted by molar-refractivity contribution is 1.40. The van der Waals surface area contributed by atoms with E-state index < -0.39 is 0 Å². The number of benzene rings is 2. The van der Waals surface area contributed by atoms with Gasteiger partial charge in [0.05, 0.1) is 5.52 Å². The summed E-state index contributed by atoms with van der Waals surface area (Å²) in [6, 6.07) is 16.0. The van der Waals surface area contributed by atoms with Gasteiger partial charge in [-0.1, -0.05) is 29.3 Å². The number of pyridine rings is 1. The first kappa shape index (κ1) is 12.0. The summed E-state index contributed by atoms with van der Waals surface area (Å²) in [5, 5.41) is 5.14. The molecule has 0 saturated carbocycles. The molecule has 2 nitrogen and oxygen atoms in total. The fourth-order valence-electron chi connectivity index (χ4n) is 2.02. The normalized spacial score (nSPS) is 10.6. The number of halogens is 1. The summed E-state index contributed by atoms with van der Waals surface area (Å²) in [6.45, 7) is 2.07. The Hall–Kier alpha value is -2.06. The van der Waals surface area contributed by atoms with Gasteiger partial charge in [0.2, 0.25) is 0 Å². The van der Waals surface area contributed by atoms with Gasteiger partial charge in [0.15, 0.2) is 0 Å². The summed E-state index contributed by atoms with van der Waals surface area (Å²) in [5.41, 5.74) is 4.24. The highest BCUT2D eigenvalue weighted by atomic mass is 35.5. The van der Waals surface area contributed by atoms with Crippen molar-refractivity contribution in [2.75, 3.05) is 5.32 Å². The van der Waals surface area contributed by atoms with Gasteiger partial charge in [0, 0.05) is 28.0 Å². The summed E-state index contributed by atoms with van der Waals surface area (Å²) < 4.78 is 0. The van der Waals surface area contributed by atoms with Crippen molar-refractivity contribution in [1.82, 2.24) is 4.98 Å². The molecular weight excluding hydrogens is 256 g/mol. The molecule has 94 valence electrons. The Morgan fingerprint density at radius 2 is 1.79 bits per heavy atom. The van der Waals surface area contributed by atoms with Crippen LogP contribution in [-0.4, -0.2) is 4.98 Å². The van der Waals surface area contributed by atoms with E-state index in [1.807, 2.05) is 24.3 Å². The van der Waals surface area contributed by atoms with Crippen LogP contribution in [0.4, 0.5) is 11.4 Å². The second-order valence-corrected chi connectivity index (χ2v) is 4.95. The van der Waals surface area contributed by atoms with E-state index in [1.165, 1.54) is 5.56 Å². The lowest BCUT2D eigenvalue weighted by Gasteiger charge is -2.10. The van der Waals surface area contributed by atoms with Crippen molar-refractivity contribution < 1.29 is 0 Å². The van der Waals surface area contributed by atoms with E-state index in [9.17, 15) is 0 Å². The van der Waals surface area contributed by atoms with Crippen molar-refractivity contribution in [3.05, 3.63) is 65.3 Å². The molecule has 19 heavy (non-hydrogen) atoms. The highest BCUT2D eigenvalue weighted by molar-refractivity contribution is 6.31. The fraction of sp³-hybridized carbons (Fsp3) is 0.0625. The first-order valence-electron chi connectivity index (χ1n) is 6.10. The van der Waals surface area contributed by atoms with Gasteiger partial charge < -0.3 is 5.32 Å². The SMILES string of the molecule is Cc1ccc(Nc2ccnc3ccc(Cl)cc23)cc1. The zero-order chi connectivity index (χ0) is 13.2. The number of rotatable bonds is 2. The second kappa shape index (κ2) is 4.90. The molecule has 0 amide bonds. The Kier molecular flexibility index (Phi) is 3.10. The summed E-state index contributed by atoms with van der Waals surface area (Å²) in [4.78, 5) is 4.34. The molecule has 0 bridgehead atoms. The molecule has 3 aromatic rings. The minimum atomic E-state index is 0.715. The smallest absolute Gasteiger partial charge is 0.0723 e. The zero-order valence-electron chi connectivity index (χ0n) is 10.5. The third-order valence-electron chi connectivity index (χ3n) is 3.03. The van der Waals surface area contributed by atoms with Crippen LogP contribution in [0.5, 0.6) is 0 Å². The minimum Gasteiger partial charge on any atom is -0.355 e. The van der Waals surface area contributed by atoms with Gasteiger partial charge in [-0.25, -0.2) is 0 Å². The van der Waals surface area contributed by atoms with E-state index >= 15 is 0 Å². The predicted octanol–water partition coefficient (Wildman–Crippen LogP) is 4.94. The third kappa shape index (κ3) is 2.54. The average Bonchev–Trinajstić information content (AvgIpc) is 2.42. The van der Waals surface area contributed by atoms with Crippen LogP contribution in [0.2, 0.25) is 5.02 Å². The predicted molar refractivity (Wildman–Crippen MR) is 81.2 cm³/mol. The molecule has 2 aromatic carbocycles. The Balaban J connectivity index is 2.05. The largest absolute Gasteiger partial charge is 0.355 e. The van der Waals surface area contributed by atoms with Gasteiger partial charge in [-0.3, -0.25) is 4.98 Å². The molecule has 0 aliphatic carbocycles. The number of hydrogen-bond acceptors (Lipinski definition) is 2. The van der Waals surface area contributed by atoms with Crippen molar-refractivity contribution in [3.63, 3.8) is 0 Å². The maximum atomic E-state index is 6.06. The standard InChI is InChI=1S/C16H13ClN2/c1-11-2-5-13(6-3-11)19-16-8-9-18-15-7-4-12(17)10-14(15)16/h2-10H,1H3,(H,18,19). The molecular formula is C16H13ClN2. The topological polar surface area (TPSA) is 24.9 Å². The monoisotopic (exact) mass is 268 g/mol. The maximum Gasteiger partial charge on any atom is 0.0723 e. The third-order valence-corrected chi connectivity index (χ3v) is 3.27. The summed E-state index contributed by atoms with van der Waals surface area (Å²) in [6.07, 6.45) is 1.80. The number of nitrogens with zero attached hydrogens (tertiary/aromatic N) is 1. The van der Waals surface area contributed by atoms with E-state index in [-0.39, 0.29) is 0 Å². The van der Waals surface area contributed by atoms with Crippen LogP contribution in [0.25, 0.3) is 10.9 Å². The first-order chi connectivity index (χ1) is 9.22. The van der Waals surface area contributed by atoms with Crippen molar-refractivity contribution in [2.45, 2.75) is 6.92 Å². The molecule has 0 saturated heterocycles. The van der Waals surface area contributed by atoms with Gasteiger partial charge in [-0.15, -0.1) is 0 Å². The molecule has 0 atom stereocenters. The number of nitrogens with one attached hydrogen (secondary N) is 1. The van der Waals surface area contributed by atoms with Crippen molar-refractivity contribution in [2.24, 2.45) is 0 Å². The number of hydrogen-bond donors (Lipinski definition) is 1. The van der Waals surface area contributed by atoms with Crippen LogP contribution in [0.15, 0.2) is 54.7 Å². The average molecular weight is 269 g/mol. The van der Waals surface area contributed by atoms with Crippen LogP contribution in [-0.2, 0) is 0 Å². The van der Waals surface area contributed by atoms with Crippen LogP contribution >= 0.6 is 11.6 Å². The molecule has 3 rings (SSSR count). The van der Waals surface area contributed by atoms with Crippen LogP contribution in [0.1, 0.15) is 5.56 Å². The first-order valence-corrected chi connectivity index (χ1v) is 6.48. The van der Waals surface area contributed by atoms with Gasteiger partial charge >= 0.3 is 0 Å². The van der Waals surface area contributed by atoms with E-state index in [1.54, 1.807) is 6.20 Å². The number of fused-ring (bicyclic) bond motifs is 1. The molecule has 1 heterocycles. The molecule has 1 N–H and O–H groups in total. The lowest BCUT2D eigenvalue weighted by atomic mass is 10.1. The highest BCUT2D eigenvalue weighted by Gasteiger charge is 2.03. The quantitative estimate of drug-likeness (QED) is 0.712. The van der Waals surface area contributed by atoms with Crippen molar-refractivity contribution in [1.29, 1.82) is 0 Å². The molecule has 0 fully saturated rings. The van der Waals surface area contributed by atoms with E-state index in [2.05, 4.69) is 41.5 Å². The Morgan fingerprint density at radius 3 is 2.58 bits per heavy atom. The van der Waals surface area contributed by atoms with Gasteiger partial charge in [0.1, 0.15) is 0 Å². The molecule has 3 heteroatoms. The number of aromatic nitrogens is 1. The van der Waals surface area contributed by atoms with Crippen molar-refractivity contribution in [3.8, 4) is 0 Å². The molecule has 0 aliphatic heterocycles. The Labute approximate surface area is 117 Å². The minimum absolute atomic E-state index is 0.715. The fourth-order valence-corrected chi connectivity index (χ4v) is 2.19. The molecule has 0 radical (unpaired) electrons. The van der Waals surface area contributed by atoms with Crippen LogP contribution < -0.4 is 5.32 Å². The zero-order valence-corrected chi connectivity index (χ0v) is 11.3. The van der Waals surface area contributed by atoms with E-state index in [0.29, 0.717) is 5.02 Å². The molecule has 0 spiro atoms. The van der Waals surface area contributed by atoms with Crippen LogP contribution in [0, 0.1) is 6.92 Å². The molecule has 1 aromatic heterocycles. The van der Waals surface area contributed by atoms with Gasteiger partial charge in [-0.2, -0.15) is 0 Å². The Morgan fingerprint density at radius 1 is 1.00 bits per heavy atom. The summed E-state index contributed by atoms with van der Waals surface area (Å²) in [7, 11) is 0. The van der Waals surface area contributed by atoms with Crippen molar-refractivity contribution >= 4 is 33.9 Å². The highest BCUT2D eigenvalue weighted by Crippen LogP contribution is 2.27. The van der Waals surface area contributed by atoms with Crippen LogP contribution in [0.3, 0.4) is 0 Å². The second-order valence-electron chi connectivity index (χ2n) is 4.51. The summed E-state index contributed by atoms with van der Waals surface area (Å²) in [5.74, 6) is 0. The summed E-state index contributed by atoms with van der Waals surface area (Å²) >= 11 is 6.06. The molecule has 0 aliphatic rings.